The van der Waals surface area contributed by atoms with Crippen LogP contribution in [0.15, 0.2) is 12.1 Å². The van der Waals surface area contributed by atoms with Crippen molar-refractivity contribution in [1.82, 2.24) is 5.32 Å². The molecule has 0 bridgehead atoms. The van der Waals surface area contributed by atoms with E-state index in [-0.39, 0.29) is 11.4 Å². The van der Waals surface area contributed by atoms with Crippen LogP contribution >= 0.6 is 0 Å². The zero-order chi connectivity index (χ0) is 14.2. The highest BCUT2D eigenvalue weighted by Gasteiger charge is 2.35. The van der Waals surface area contributed by atoms with Gasteiger partial charge in [-0.25, -0.2) is 4.39 Å². The number of nitrogens with zero attached hydrogens (tertiary/aromatic N) is 1. The number of fused-ring (bicyclic) bond motifs is 1. The Hall–Kier alpha value is -1.09. The minimum Gasteiger partial charge on any atom is -0.366 e. The Kier molecular flexibility index (Phi) is 3.86. The predicted octanol–water partition coefficient (Wildman–Crippen LogP) is 3.66. The van der Waals surface area contributed by atoms with E-state index < -0.39 is 0 Å². The van der Waals surface area contributed by atoms with E-state index in [9.17, 15) is 4.39 Å². The van der Waals surface area contributed by atoms with Gasteiger partial charge in [-0.05, 0) is 57.9 Å². The maximum absolute atomic E-state index is 14.2. The summed E-state index contributed by atoms with van der Waals surface area (Å²) in [6.45, 7) is 10.4. The van der Waals surface area contributed by atoms with Crippen LogP contribution in [0.5, 0.6) is 0 Å². The minimum atomic E-state index is -0.101. The molecule has 1 aliphatic heterocycles. The molecule has 0 spiro atoms. The summed E-state index contributed by atoms with van der Waals surface area (Å²) in [4.78, 5) is 2.33. The Bertz CT molecular complexity index is 468. The Morgan fingerprint density at radius 1 is 1.42 bits per heavy atom. The standard InChI is InChI=1S/C16H25FN2/c1-6-19-15-8-14(17)12(10-18-5)7-13(15)11(2)9-16(19,3)4/h7-8,11,18H,6,9-10H2,1-5H3/t11-/m1/s1. The zero-order valence-corrected chi connectivity index (χ0v) is 12.7. The highest BCUT2D eigenvalue weighted by atomic mass is 19.1. The third kappa shape index (κ3) is 2.48. The maximum Gasteiger partial charge on any atom is 0.129 e. The van der Waals surface area contributed by atoms with Gasteiger partial charge in [-0.2, -0.15) is 0 Å². The van der Waals surface area contributed by atoms with E-state index in [1.165, 1.54) is 5.56 Å². The van der Waals surface area contributed by atoms with Gasteiger partial charge in [-0.3, -0.25) is 0 Å². The van der Waals surface area contributed by atoms with Crippen LogP contribution in [-0.2, 0) is 6.54 Å². The van der Waals surface area contributed by atoms with Crippen molar-refractivity contribution < 1.29 is 4.39 Å². The highest BCUT2D eigenvalue weighted by Crippen LogP contribution is 2.43. The number of anilines is 1. The summed E-state index contributed by atoms with van der Waals surface area (Å²) in [6, 6.07) is 3.77. The average Bonchev–Trinajstić information content (AvgIpc) is 2.31. The molecule has 1 N–H and O–H groups in total. The van der Waals surface area contributed by atoms with Crippen LogP contribution in [0.25, 0.3) is 0 Å². The van der Waals surface area contributed by atoms with Gasteiger partial charge in [-0.1, -0.05) is 6.92 Å². The Balaban J connectivity index is 2.53. The molecule has 2 rings (SSSR count). The number of hydrogen-bond donors (Lipinski definition) is 1. The van der Waals surface area contributed by atoms with E-state index >= 15 is 0 Å². The van der Waals surface area contributed by atoms with Crippen molar-refractivity contribution in [2.24, 2.45) is 0 Å². The fourth-order valence-electron chi connectivity index (χ4n) is 3.47. The van der Waals surface area contributed by atoms with Crippen LogP contribution in [0, 0.1) is 5.82 Å². The fourth-order valence-corrected chi connectivity index (χ4v) is 3.47. The molecule has 0 aromatic heterocycles. The first-order valence-electron chi connectivity index (χ1n) is 7.15. The molecule has 0 amide bonds. The number of benzene rings is 1. The summed E-state index contributed by atoms with van der Waals surface area (Å²) >= 11 is 0. The van der Waals surface area contributed by atoms with E-state index in [1.54, 1.807) is 6.07 Å². The quantitative estimate of drug-likeness (QED) is 0.896. The first-order chi connectivity index (χ1) is 8.90. The van der Waals surface area contributed by atoms with Crippen molar-refractivity contribution in [2.75, 3.05) is 18.5 Å². The smallest absolute Gasteiger partial charge is 0.129 e. The monoisotopic (exact) mass is 264 g/mol. The van der Waals surface area contributed by atoms with Crippen molar-refractivity contribution in [3.63, 3.8) is 0 Å². The lowest BCUT2D eigenvalue weighted by Gasteiger charge is -2.47. The lowest BCUT2D eigenvalue weighted by molar-refractivity contribution is 0.380. The molecule has 0 fully saturated rings. The van der Waals surface area contributed by atoms with E-state index in [4.69, 9.17) is 0 Å². The summed E-state index contributed by atoms with van der Waals surface area (Å²) in [5.41, 5.74) is 3.22. The molecule has 0 saturated heterocycles. The van der Waals surface area contributed by atoms with Crippen LogP contribution in [-0.4, -0.2) is 19.1 Å². The SMILES string of the molecule is CCN1c2cc(F)c(CNC)cc2[C@H](C)CC1(C)C. The van der Waals surface area contributed by atoms with Gasteiger partial charge in [0.2, 0.25) is 0 Å². The molecule has 0 aliphatic carbocycles. The highest BCUT2D eigenvalue weighted by molar-refractivity contribution is 5.61. The van der Waals surface area contributed by atoms with Gasteiger partial charge in [0.1, 0.15) is 5.82 Å². The summed E-state index contributed by atoms with van der Waals surface area (Å²) in [5, 5.41) is 3.03. The van der Waals surface area contributed by atoms with Gasteiger partial charge >= 0.3 is 0 Å². The predicted molar refractivity (Wildman–Crippen MR) is 79.3 cm³/mol. The Morgan fingerprint density at radius 3 is 2.68 bits per heavy atom. The number of hydrogen-bond acceptors (Lipinski definition) is 2. The van der Waals surface area contributed by atoms with E-state index in [0.717, 1.165) is 24.2 Å². The molecule has 1 aromatic carbocycles. The normalized spacial score (nSPS) is 21.4. The first-order valence-corrected chi connectivity index (χ1v) is 7.15. The molecule has 1 aliphatic rings. The zero-order valence-electron chi connectivity index (χ0n) is 12.7. The summed E-state index contributed by atoms with van der Waals surface area (Å²) in [6.07, 6.45) is 1.11. The molecule has 3 heteroatoms. The fraction of sp³-hybridized carbons (Fsp3) is 0.625. The molecule has 19 heavy (non-hydrogen) atoms. The van der Waals surface area contributed by atoms with Crippen LogP contribution < -0.4 is 10.2 Å². The lowest BCUT2D eigenvalue weighted by Crippen LogP contribution is -2.48. The number of halogens is 1. The van der Waals surface area contributed by atoms with E-state index in [2.05, 4.69) is 37.9 Å². The van der Waals surface area contributed by atoms with Gasteiger partial charge in [0.15, 0.2) is 0 Å². The van der Waals surface area contributed by atoms with Crippen LogP contribution in [0.3, 0.4) is 0 Å². The van der Waals surface area contributed by atoms with Gasteiger partial charge in [0, 0.05) is 29.9 Å². The van der Waals surface area contributed by atoms with Gasteiger partial charge < -0.3 is 10.2 Å². The second kappa shape index (κ2) is 5.12. The average molecular weight is 264 g/mol. The van der Waals surface area contributed by atoms with Crippen molar-refractivity contribution in [1.29, 1.82) is 0 Å². The first kappa shape index (κ1) is 14.3. The molecule has 1 atom stereocenters. The Labute approximate surface area is 116 Å². The van der Waals surface area contributed by atoms with Gasteiger partial charge in [-0.15, -0.1) is 0 Å². The molecule has 0 radical (unpaired) electrons. The summed E-state index contributed by atoms with van der Waals surface area (Å²) < 4.78 is 14.2. The largest absolute Gasteiger partial charge is 0.366 e. The van der Waals surface area contributed by atoms with E-state index in [0.29, 0.717) is 12.5 Å². The summed E-state index contributed by atoms with van der Waals surface area (Å²) in [7, 11) is 1.85. The molecular weight excluding hydrogens is 239 g/mol. The third-order valence-corrected chi connectivity index (χ3v) is 4.24. The van der Waals surface area contributed by atoms with Crippen molar-refractivity contribution in [3.05, 3.63) is 29.1 Å². The van der Waals surface area contributed by atoms with Crippen LogP contribution in [0.1, 0.15) is 51.2 Å². The second-order valence-corrected chi connectivity index (χ2v) is 6.19. The third-order valence-electron chi connectivity index (χ3n) is 4.24. The van der Waals surface area contributed by atoms with E-state index in [1.807, 2.05) is 13.1 Å². The lowest BCUT2D eigenvalue weighted by atomic mass is 9.79. The van der Waals surface area contributed by atoms with Crippen LogP contribution in [0.4, 0.5) is 10.1 Å². The molecule has 0 unspecified atom stereocenters. The van der Waals surface area contributed by atoms with Gasteiger partial charge in [0.25, 0.3) is 0 Å². The molecule has 1 heterocycles. The molecular formula is C16H25FN2. The van der Waals surface area contributed by atoms with Gasteiger partial charge in [0.05, 0.1) is 0 Å². The Morgan fingerprint density at radius 2 is 2.11 bits per heavy atom. The number of nitrogens with one attached hydrogen (secondary N) is 1. The van der Waals surface area contributed by atoms with Crippen LogP contribution in [0.2, 0.25) is 0 Å². The maximum atomic E-state index is 14.2. The second-order valence-electron chi connectivity index (χ2n) is 6.19. The minimum absolute atomic E-state index is 0.0954. The topological polar surface area (TPSA) is 15.3 Å². The molecule has 1 aromatic rings. The number of rotatable bonds is 3. The van der Waals surface area contributed by atoms with Crippen molar-refractivity contribution in [2.45, 2.75) is 52.1 Å². The van der Waals surface area contributed by atoms with Crippen molar-refractivity contribution in [3.8, 4) is 0 Å². The van der Waals surface area contributed by atoms with Crippen molar-refractivity contribution >= 4 is 5.69 Å². The molecule has 106 valence electrons. The molecule has 0 saturated carbocycles. The molecule has 2 nitrogen and oxygen atoms in total. The summed E-state index contributed by atoms with van der Waals surface area (Å²) in [5.74, 6) is 0.375.